The maximum Gasteiger partial charge on any atom is 0.419 e. The van der Waals surface area contributed by atoms with Gasteiger partial charge in [0.2, 0.25) is 11.8 Å². The molecule has 3 rings (SSSR count). The van der Waals surface area contributed by atoms with Crippen molar-refractivity contribution in [2.75, 3.05) is 33.9 Å². The van der Waals surface area contributed by atoms with Crippen molar-refractivity contribution in [1.29, 1.82) is 0 Å². The summed E-state index contributed by atoms with van der Waals surface area (Å²) in [5.74, 6) is -0.318. The van der Waals surface area contributed by atoms with Gasteiger partial charge < -0.3 is 24.4 Å². The van der Waals surface area contributed by atoms with Gasteiger partial charge in [0.15, 0.2) is 6.29 Å². The fraction of sp³-hybridized carbons (Fsp3) is 0.577. The first-order valence-electron chi connectivity index (χ1n) is 12.1. The van der Waals surface area contributed by atoms with Crippen molar-refractivity contribution in [1.82, 2.24) is 14.8 Å². The molecule has 1 aliphatic carbocycles. The molecule has 2 aromatic rings. The number of carbonyl (C=O) groups excluding carboxylic acids is 3. The summed E-state index contributed by atoms with van der Waals surface area (Å²) in [6, 6.07) is 7.60. The molecular formula is C26H37N3O6. The van der Waals surface area contributed by atoms with Gasteiger partial charge in [-0.25, -0.2) is 4.79 Å². The molecule has 1 saturated carbocycles. The maximum absolute atomic E-state index is 12.8. The third kappa shape index (κ3) is 7.05. The lowest BCUT2D eigenvalue weighted by atomic mass is 9.84. The van der Waals surface area contributed by atoms with Crippen molar-refractivity contribution < 1.29 is 28.6 Å². The molecule has 1 aromatic heterocycles. The molecule has 0 bridgehead atoms. The van der Waals surface area contributed by atoms with Gasteiger partial charge >= 0.3 is 6.09 Å². The Hall–Kier alpha value is -2.91. The number of benzene rings is 1. The van der Waals surface area contributed by atoms with Crippen LogP contribution in [0.25, 0.3) is 10.9 Å². The molecule has 192 valence electrons. The summed E-state index contributed by atoms with van der Waals surface area (Å²) in [6.45, 7) is 5.98. The summed E-state index contributed by atoms with van der Waals surface area (Å²) >= 11 is 0. The molecule has 1 fully saturated rings. The Bertz CT molecular complexity index is 1030. The first-order chi connectivity index (χ1) is 16.6. The Morgan fingerprint density at radius 3 is 2.43 bits per heavy atom. The quantitative estimate of drug-likeness (QED) is 0.516. The lowest BCUT2D eigenvalue weighted by Crippen LogP contribution is -2.48. The number of fused-ring (bicyclic) bond motifs is 1. The van der Waals surface area contributed by atoms with Gasteiger partial charge in [-0.05, 0) is 51.7 Å². The number of methoxy groups -OCH3 is 2. The van der Waals surface area contributed by atoms with Gasteiger partial charge in [0, 0.05) is 38.3 Å². The first-order valence-corrected chi connectivity index (χ1v) is 12.1. The highest BCUT2D eigenvalue weighted by Gasteiger charge is 2.31. The van der Waals surface area contributed by atoms with E-state index in [1.807, 2.05) is 45.0 Å². The van der Waals surface area contributed by atoms with E-state index in [0.717, 1.165) is 35.7 Å². The molecule has 9 heteroatoms. The van der Waals surface area contributed by atoms with E-state index in [1.165, 1.54) is 23.7 Å². The number of carbonyl (C=O) groups is 3. The van der Waals surface area contributed by atoms with E-state index in [0.29, 0.717) is 13.0 Å². The third-order valence-corrected chi connectivity index (χ3v) is 6.10. The van der Waals surface area contributed by atoms with Crippen LogP contribution in [0.5, 0.6) is 0 Å². The summed E-state index contributed by atoms with van der Waals surface area (Å²) in [6.07, 6.45) is 3.99. The zero-order chi connectivity index (χ0) is 25.6. The first kappa shape index (κ1) is 26.7. The molecule has 1 aliphatic rings. The Balaban J connectivity index is 1.63. The molecule has 0 spiro atoms. The number of rotatable bonds is 10. The highest BCUT2D eigenvalue weighted by molar-refractivity contribution is 5.92. The summed E-state index contributed by atoms with van der Waals surface area (Å²) < 4.78 is 17.5. The predicted octanol–water partition coefficient (Wildman–Crippen LogP) is 3.33. The average molecular weight is 488 g/mol. The van der Waals surface area contributed by atoms with Crippen molar-refractivity contribution in [3.05, 3.63) is 36.0 Å². The third-order valence-electron chi connectivity index (χ3n) is 6.10. The topological polar surface area (TPSA) is 99.1 Å². The van der Waals surface area contributed by atoms with Gasteiger partial charge in [-0.3, -0.25) is 14.2 Å². The van der Waals surface area contributed by atoms with Crippen LogP contribution in [-0.2, 0) is 30.2 Å². The molecule has 0 saturated heterocycles. The SMILES string of the molecule is COC(CN(CC(=O)NCCc1cn(C(=O)OC(C)(C)C)c2ccccc12)C(=O)C1CCC1)OC. The lowest BCUT2D eigenvalue weighted by Gasteiger charge is -2.32. The van der Waals surface area contributed by atoms with Crippen LogP contribution in [0, 0.1) is 5.92 Å². The van der Waals surface area contributed by atoms with Crippen LogP contribution in [0.3, 0.4) is 0 Å². The van der Waals surface area contributed by atoms with Crippen LogP contribution in [0.15, 0.2) is 30.5 Å². The molecule has 0 unspecified atom stereocenters. The lowest BCUT2D eigenvalue weighted by molar-refractivity contribution is -0.153. The predicted molar refractivity (Wildman–Crippen MR) is 132 cm³/mol. The highest BCUT2D eigenvalue weighted by Crippen LogP contribution is 2.28. The van der Waals surface area contributed by atoms with E-state index in [4.69, 9.17) is 14.2 Å². The number of amides is 2. The van der Waals surface area contributed by atoms with Gasteiger partial charge in [-0.15, -0.1) is 0 Å². The molecule has 0 aliphatic heterocycles. The second-order valence-electron chi connectivity index (χ2n) is 9.87. The van der Waals surface area contributed by atoms with Crippen LogP contribution >= 0.6 is 0 Å². The Morgan fingerprint density at radius 1 is 1.14 bits per heavy atom. The van der Waals surface area contributed by atoms with Crippen LogP contribution in [-0.4, -0.2) is 73.1 Å². The van der Waals surface area contributed by atoms with Gasteiger partial charge in [-0.2, -0.15) is 0 Å². The minimum Gasteiger partial charge on any atom is -0.443 e. The zero-order valence-corrected chi connectivity index (χ0v) is 21.3. The number of hydrogen-bond donors (Lipinski definition) is 1. The number of para-hydroxylation sites is 1. The largest absolute Gasteiger partial charge is 0.443 e. The van der Waals surface area contributed by atoms with Crippen molar-refractivity contribution in [3.63, 3.8) is 0 Å². The zero-order valence-electron chi connectivity index (χ0n) is 21.3. The van der Waals surface area contributed by atoms with Gasteiger partial charge in [0.1, 0.15) is 5.60 Å². The Labute approximate surface area is 206 Å². The normalized spacial score (nSPS) is 14.1. The number of aromatic nitrogens is 1. The molecular weight excluding hydrogens is 450 g/mol. The smallest absolute Gasteiger partial charge is 0.419 e. The Kier molecular flexibility index (Phi) is 8.91. The average Bonchev–Trinajstić information content (AvgIpc) is 3.13. The van der Waals surface area contributed by atoms with Gasteiger partial charge in [0.25, 0.3) is 0 Å². The number of hydrogen-bond acceptors (Lipinski definition) is 6. The van der Waals surface area contributed by atoms with Gasteiger partial charge in [0.05, 0.1) is 18.6 Å². The van der Waals surface area contributed by atoms with Crippen molar-refractivity contribution in [2.45, 2.75) is 58.3 Å². The summed E-state index contributed by atoms with van der Waals surface area (Å²) in [5, 5.41) is 3.83. The number of nitrogens with one attached hydrogen (secondary N) is 1. The minimum atomic E-state index is -0.607. The van der Waals surface area contributed by atoms with E-state index in [1.54, 1.807) is 6.20 Å². The minimum absolute atomic E-state index is 0.0313. The fourth-order valence-electron chi connectivity index (χ4n) is 4.05. The summed E-state index contributed by atoms with van der Waals surface area (Å²) in [5.41, 5.74) is 1.07. The molecule has 0 atom stereocenters. The van der Waals surface area contributed by atoms with Crippen LogP contribution in [0.1, 0.15) is 45.6 Å². The second-order valence-corrected chi connectivity index (χ2v) is 9.87. The fourth-order valence-corrected chi connectivity index (χ4v) is 4.05. The molecule has 2 amide bonds. The standard InChI is InChI=1S/C26H37N3O6/c1-26(2,3)35-25(32)29-15-19(20-11-6-7-12-21(20)29)13-14-27-22(30)16-28(17-23(33-4)34-5)24(31)18-9-8-10-18/h6-7,11-12,15,18,23H,8-10,13-14,16-17H2,1-5H3,(H,27,30). The molecule has 1 heterocycles. The summed E-state index contributed by atoms with van der Waals surface area (Å²) in [7, 11) is 3.02. The van der Waals surface area contributed by atoms with Crippen molar-refractivity contribution in [2.24, 2.45) is 5.92 Å². The van der Waals surface area contributed by atoms with E-state index in [9.17, 15) is 14.4 Å². The highest BCUT2D eigenvalue weighted by atomic mass is 16.7. The van der Waals surface area contributed by atoms with E-state index >= 15 is 0 Å². The monoisotopic (exact) mass is 487 g/mol. The van der Waals surface area contributed by atoms with E-state index < -0.39 is 18.0 Å². The second kappa shape index (κ2) is 11.7. The van der Waals surface area contributed by atoms with E-state index in [2.05, 4.69) is 5.32 Å². The number of ether oxygens (including phenoxy) is 3. The molecule has 0 radical (unpaired) electrons. The Morgan fingerprint density at radius 2 is 1.83 bits per heavy atom. The van der Waals surface area contributed by atoms with E-state index in [-0.39, 0.29) is 30.8 Å². The molecule has 1 aromatic carbocycles. The van der Waals surface area contributed by atoms with Crippen molar-refractivity contribution in [3.8, 4) is 0 Å². The van der Waals surface area contributed by atoms with Crippen LogP contribution in [0.4, 0.5) is 4.79 Å². The van der Waals surface area contributed by atoms with Gasteiger partial charge in [-0.1, -0.05) is 24.6 Å². The van der Waals surface area contributed by atoms with Crippen LogP contribution in [0.2, 0.25) is 0 Å². The van der Waals surface area contributed by atoms with Crippen LogP contribution < -0.4 is 5.32 Å². The molecule has 1 N–H and O–H groups in total. The summed E-state index contributed by atoms with van der Waals surface area (Å²) in [4.78, 5) is 39.7. The molecule has 9 nitrogen and oxygen atoms in total. The van der Waals surface area contributed by atoms with Crippen molar-refractivity contribution >= 4 is 28.8 Å². The molecule has 35 heavy (non-hydrogen) atoms. The number of nitrogens with zero attached hydrogens (tertiary/aromatic N) is 2. The maximum atomic E-state index is 12.8.